The van der Waals surface area contributed by atoms with Gasteiger partial charge in [0.2, 0.25) is 5.91 Å². The summed E-state index contributed by atoms with van der Waals surface area (Å²) >= 11 is 0. The number of piperidine rings is 1. The highest BCUT2D eigenvalue weighted by atomic mass is 35.5. The lowest BCUT2D eigenvalue weighted by Gasteiger charge is -2.30. The lowest BCUT2D eigenvalue weighted by Crippen LogP contribution is -2.48. The Kier molecular flexibility index (Phi) is 6.78. The van der Waals surface area contributed by atoms with Crippen molar-refractivity contribution in [2.45, 2.75) is 39.7 Å². The summed E-state index contributed by atoms with van der Waals surface area (Å²) in [7, 11) is 0. The van der Waals surface area contributed by atoms with Crippen molar-refractivity contribution in [1.82, 2.24) is 20.4 Å². The van der Waals surface area contributed by atoms with Gasteiger partial charge in [0.1, 0.15) is 5.82 Å². The van der Waals surface area contributed by atoms with Gasteiger partial charge in [-0.2, -0.15) is 5.10 Å². The zero-order chi connectivity index (χ0) is 18.0. The van der Waals surface area contributed by atoms with Gasteiger partial charge in [0, 0.05) is 17.3 Å². The van der Waals surface area contributed by atoms with Gasteiger partial charge in [0.15, 0.2) is 0 Å². The Hall–Kier alpha value is -1.92. The molecule has 2 unspecified atom stereocenters. The molecule has 1 amide bonds. The molecular formula is C19H26ClFN4O. The quantitative estimate of drug-likeness (QED) is 0.857. The van der Waals surface area contributed by atoms with Gasteiger partial charge in [-0.25, -0.2) is 9.07 Å². The number of halogens is 2. The highest BCUT2D eigenvalue weighted by Gasteiger charge is 2.24. The van der Waals surface area contributed by atoms with E-state index in [0.29, 0.717) is 12.3 Å². The number of hydrogen-bond donors (Lipinski definition) is 2. The fourth-order valence-electron chi connectivity index (χ4n) is 3.41. The number of benzene rings is 1. The molecule has 1 aromatic carbocycles. The summed E-state index contributed by atoms with van der Waals surface area (Å²) in [5.74, 6) is 0.186. The van der Waals surface area contributed by atoms with Gasteiger partial charge in [-0.05, 0) is 63.5 Å². The minimum Gasteiger partial charge on any atom is -0.353 e. The Bertz CT molecular complexity index is 760. The van der Waals surface area contributed by atoms with Crippen LogP contribution < -0.4 is 10.6 Å². The van der Waals surface area contributed by atoms with Crippen LogP contribution in [0.4, 0.5) is 4.39 Å². The van der Waals surface area contributed by atoms with Crippen molar-refractivity contribution in [3.8, 4) is 5.69 Å². The molecule has 0 spiro atoms. The molecule has 2 heterocycles. The standard InChI is InChI=1S/C19H25FN4O.ClH/c1-12-11-21-9-8-18(12)22-19(25)10-17-13(2)23-24(14(17)3)16-6-4-15(20)5-7-16;/h4-7,12,18,21H,8-11H2,1-3H3,(H,22,25);1H. The first kappa shape index (κ1) is 20.4. The first-order chi connectivity index (χ1) is 12.0. The molecule has 2 aromatic rings. The van der Waals surface area contributed by atoms with E-state index in [1.54, 1.807) is 16.8 Å². The van der Waals surface area contributed by atoms with Crippen molar-refractivity contribution >= 4 is 18.3 Å². The Labute approximate surface area is 159 Å². The van der Waals surface area contributed by atoms with Crippen LogP contribution in [0.15, 0.2) is 24.3 Å². The van der Waals surface area contributed by atoms with Crippen LogP contribution in [0.25, 0.3) is 5.69 Å². The van der Waals surface area contributed by atoms with Crippen molar-refractivity contribution < 1.29 is 9.18 Å². The molecule has 1 saturated heterocycles. The third-order valence-electron chi connectivity index (χ3n) is 4.98. The van der Waals surface area contributed by atoms with E-state index in [-0.39, 0.29) is 30.2 Å². The molecular weight excluding hydrogens is 355 g/mol. The molecule has 142 valence electrons. The molecule has 1 aliphatic heterocycles. The van der Waals surface area contributed by atoms with E-state index >= 15 is 0 Å². The van der Waals surface area contributed by atoms with Crippen molar-refractivity contribution in [2.75, 3.05) is 13.1 Å². The van der Waals surface area contributed by atoms with Crippen LogP contribution in [0.5, 0.6) is 0 Å². The maximum atomic E-state index is 13.1. The van der Waals surface area contributed by atoms with Crippen LogP contribution in [0.1, 0.15) is 30.3 Å². The zero-order valence-corrected chi connectivity index (χ0v) is 16.2. The first-order valence-corrected chi connectivity index (χ1v) is 8.77. The fraction of sp³-hybridized carbons (Fsp3) is 0.474. The minimum absolute atomic E-state index is 0. The largest absolute Gasteiger partial charge is 0.353 e. The number of carbonyl (C=O) groups is 1. The number of carbonyl (C=O) groups excluding carboxylic acids is 1. The Morgan fingerprint density at radius 2 is 2.04 bits per heavy atom. The van der Waals surface area contributed by atoms with E-state index in [2.05, 4.69) is 22.7 Å². The van der Waals surface area contributed by atoms with Crippen molar-refractivity contribution in [1.29, 1.82) is 0 Å². The summed E-state index contributed by atoms with van der Waals surface area (Å²) in [5, 5.41) is 11.0. The second-order valence-electron chi connectivity index (χ2n) is 6.86. The number of amides is 1. The molecule has 1 fully saturated rings. The van der Waals surface area contributed by atoms with E-state index < -0.39 is 0 Å². The van der Waals surface area contributed by atoms with Crippen LogP contribution in [0.2, 0.25) is 0 Å². The molecule has 2 atom stereocenters. The summed E-state index contributed by atoms with van der Waals surface area (Å²) in [6.45, 7) is 7.88. The molecule has 0 saturated carbocycles. The molecule has 1 aromatic heterocycles. The molecule has 0 aliphatic carbocycles. The highest BCUT2D eigenvalue weighted by molar-refractivity contribution is 5.85. The van der Waals surface area contributed by atoms with E-state index in [1.165, 1.54) is 12.1 Å². The Balaban J connectivity index is 0.00000243. The molecule has 0 bridgehead atoms. The van der Waals surface area contributed by atoms with E-state index in [4.69, 9.17) is 0 Å². The normalized spacial score (nSPS) is 19.7. The molecule has 1 aliphatic rings. The molecule has 7 heteroatoms. The first-order valence-electron chi connectivity index (χ1n) is 8.77. The van der Waals surface area contributed by atoms with E-state index in [1.807, 2.05) is 13.8 Å². The summed E-state index contributed by atoms with van der Waals surface area (Å²) in [4.78, 5) is 12.5. The predicted molar refractivity (Wildman–Crippen MR) is 103 cm³/mol. The smallest absolute Gasteiger partial charge is 0.224 e. The monoisotopic (exact) mass is 380 g/mol. The summed E-state index contributed by atoms with van der Waals surface area (Å²) < 4.78 is 14.9. The number of hydrogen-bond acceptors (Lipinski definition) is 3. The average molecular weight is 381 g/mol. The Morgan fingerprint density at radius 1 is 1.35 bits per heavy atom. The van der Waals surface area contributed by atoms with Gasteiger partial charge in [0.25, 0.3) is 0 Å². The van der Waals surface area contributed by atoms with Crippen LogP contribution in [0, 0.1) is 25.6 Å². The fourth-order valence-corrected chi connectivity index (χ4v) is 3.41. The summed E-state index contributed by atoms with van der Waals surface area (Å²) in [6, 6.07) is 6.43. The molecule has 26 heavy (non-hydrogen) atoms. The van der Waals surface area contributed by atoms with Crippen LogP contribution in [-0.2, 0) is 11.2 Å². The van der Waals surface area contributed by atoms with Gasteiger partial charge in [-0.3, -0.25) is 4.79 Å². The number of nitrogens with zero attached hydrogens (tertiary/aromatic N) is 2. The molecule has 5 nitrogen and oxygen atoms in total. The third kappa shape index (κ3) is 4.43. The topological polar surface area (TPSA) is 59.0 Å². The number of aryl methyl sites for hydroxylation is 1. The number of aromatic nitrogens is 2. The average Bonchev–Trinajstić information content (AvgIpc) is 2.86. The molecule has 3 rings (SSSR count). The number of nitrogens with one attached hydrogen (secondary N) is 2. The van der Waals surface area contributed by atoms with Gasteiger partial charge in [0.05, 0.1) is 17.8 Å². The predicted octanol–water partition coefficient (Wildman–Crippen LogP) is 2.71. The van der Waals surface area contributed by atoms with Gasteiger partial charge in [-0.15, -0.1) is 12.4 Å². The van der Waals surface area contributed by atoms with Crippen LogP contribution >= 0.6 is 12.4 Å². The van der Waals surface area contributed by atoms with E-state index in [0.717, 1.165) is 42.1 Å². The molecule has 2 N–H and O–H groups in total. The van der Waals surface area contributed by atoms with Crippen molar-refractivity contribution in [2.24, 2.45) is 5.92 Å². The molecule has 0 radical (unpaired) electrons. The highest BCUT2D eigenvalue weighted by Crippen LogP contribution is 2.19. The maximum absolute atomic E-state index is 13.1. The van der Waals surface area contributed by atoms with Gasteiger partial charge < -0.3 is 10.6 Å². The van der Waals surface area contributed by atoms with E-state index in [9.17, 15) is 9.18 Å². The number of rotatable bonds is 4. The van der Waals surface area contributed by atoms with Crippen LogP contribution in [0.3, 0.4) is 0 Å². The second kappa shape index (κ2) is 8.64. The maximum Gasteiger partial charge on any atom is 0.224 e. The van der Waals surface area contributed by atoms with Gasteiger partial charge >= 0.3 is 0 Å². The van der Waals surface area contributed by atoms with Gasteiger partial charge in [-0.1, -0.05) is 6.92 Å². The zero-order valence-electron chi connectivity index (χ0n) is 15.4. The SMILES string of the molecule is Cc1nn(-c2ccc(F)cc2)c(C)c1CC(=O)NC1CCNCC1C.Cl. The lowest BCUT2D eigenvalue weighted by atomic mass is 9.95. The summed E-state index contributed by atoms with van der Waals surface area (Å²) in [5.41, 5.74) is 3.47. The van der Waals surface area contributed by atoms with Crippen LogP contribution in [-0.4, -0.2) is 34.8 Å². The lowest BCUT2D eigenvalue weighted by molar-refractivity contribution is -0.121. The minimum atomic E-state index is -0.277. The Morgan fingerprint density at radius 3 is 2.69 bits per heavy atom. The van der Waals surface area contributed by atoms with Crippen molar-refractivity contribution in [3.63, 3.8) is 0 Å². The third-order valence-corrected chi connectivity index (χ3v) is 4.98. The van der Waals surface area contributed by atoms with Crippen molar-refractivity contribution in [3.05, 3.63) is 47.0 Å². The second-order valence-corrected chi connectivity index (χ2v) is 6.86. The summed E-state index contributed by atoms with van der Waals surface area (Å²) in [6.07, 6.45) is 1.27.